The molecule has 0 fully saturated rings. The first kappa shape index (κ1) is 20.6. The molecule has 0 saturated heterocycles. The summed E-state index contributed by atoms with van der Waals surface area (Å²) in [6, 6.07) is 6.96. The molecular weight excluding hydrogens is 362 g/mol. The van der Waals surface area contributed by atoms with Gasteiger partial charge in [0, 0.05) is 17.1 Å². The van der Waals surface area contributed by atoms with Crippen LogP contribution in [0.5, 0.6) is 0 Å². The third-order valence-electron chi connectivity index (χ3n) is 6.93. The summed E-state index contributed by atoms with van der Waals surface area (Å²) >= 11 is 0. The first-order valence-electron chi connectivity index (χ1n) is 11.1. The quantitative estimate of drug-likeness (QED) is 0.427. The van der Waals surface area contributed by atoms with Crippen molar-refractivity contribution in [2.75, 3.05) is 0 Å². The number of nitrogens with zero attached hydrogens (tertiary/aromatic N) is 1. The largest absolute Gasteiger partial charge is 0.255 e. The number of benzene rings is 2. The minimum Gasteiger partial charge on any atom is -0.255 e. The molecule has 154 valence electrons. The van der Waals surface area contributed by atoms with Crippen LogP contribution in [0.1, 0.15) is 59.2 Å². The smallest absolute Gasteiger partial charge is 0.0786 e. The maximum absolute atomic E-state index is 5.00. The summed E-state index contributed by atoms with van der Waals surface area (Å²) in [4.78, 5) is 5.00. The summed E-state index contributed by atoms with van der Waals surface area (Å²) in [5, 5.41) is 2.64. The molecular formula is C29H33N. The summed E-state index contributed by atoms with van der Waals surface area (Å²) in [6.45, 7) is 18.0. The molecule has 1 aliphatic rings. The SMILES string of the molecule is CC1=C(c2c(C)cc3c(C)cnc(-c4cc(C)cc(C)c4C)c3c2C)C(C)CC=C1. The molecule has 1 unspecified atom stereocenters. The van der Waals surface area contributed by atoms with E-state index in [1.807, 2.05) is 6.20 Å². The zero-order chi connectivity index (χ0) is 21.7. The Bertz CT molecular complexity index is 1240. The van der Waals surface area contributed by atoms with E-state index >= 15 is 0 Å². The molecule has 0 saturated carbocycles. The number of allylic oxidation sites excluding steroid dienone is 4. The van der Waals surface area contributed by atoms with Gasteiger partial charge in [0.2, 0.25) is 0 Å². The Balaban J connectivity index is 2.14. The zero-order valence-corrected chi connectivity index (χ0v) is 19.7. The topological polar surface area (TPSA) is 12.9 Å². The highest BCUT2D eigenvalue weighted by molar-refractivity contribution is 6.02. The average Bonchev–Trinajstić information content (AvgIpc) is 2.68. The highest BCUT2D eigenvalue weighted by Crippen LogP contribution is 2.42. The normalized spacial score (nSPS) is 16.6. The van der Waals surface area contributed by atoms with Crippen LogP contribution in [0, 0.1) is 47.5 Å². The highest BCUT2D eigenvalue weighted by Gasteiger charge is 2.23. The van der Waals surface area contributed by atoms with Crippen LogP contribution in [-0.4, -0.2) is 4.98 Å². The van der Waals surface area contributed by atoms with Gasteiger partial charge in [-0.2, -0.15) is 0 Å². The van der Waals surface area contributed by atoms with Crippen LogP contribution in [0.15, 0.2) is 42.1 Å². The second-order valence-corrected chi connectivity index (χ2v) is 9.30. The molecule has 0 aliphatic heterocycles. The second kappa shape index (κ2) is 7.54. The molecule has 30 heavy (non-hydrogen) atoms. The molecule has 1 aliphatic carbocycles. The van der Waals surface area contributed by atoms with Crippen molar-refractivity contribution in [2.45, 2.75) is 61.8 Å². The molecule has 0 radical (unpaired) electrons. The van der Waals surface area contributed by atoms with Crippen LogP contribution in [0.4, 0.5) is 0 Å². The number of hydrogen-bond acceptors (Lipinski definition) is 1. The lowest BCUT2D eigenvalue weighted by molar-refractivity contribution is 0.750. The average molecular weight is 396 g/mol. The van der Waals surface area contributed by atoms with Gasteiger partial charge in [0.05, 0.1) is 5.69 Å². The molecule has 1 heteroatoms. The van der Waals surface area contributed by atoms with E-state index < -0.39 is 0 Å². The third kappa shape index (κ3) is 3.21. The van der Waals surface area contributed by atoms with E-state index in [4.69, 9.17) is 4.98 Å². The molecule has 3 aromatic rings. The molecule has 1 atom stereocenters. The third-order valence-corrected chi connectivity index (χ3v) is 6.93. The number of rotatable bonds is 2. The summed E-state index contributed by atoms with van der Waals surface area (Å²) in [6.07, 6.45) is 7.76. The monoisotopic (exact) mass is 395 g/mol. The number of hydrogen-bond donors (Lipinski definition) is 0. The minimum atomic E-state index is 0.536. The van der Waals surface area contributed by atoms with Crippen LogP contribution >= 0.6 is 0 Å². The van der Waals surface area contributed by atoms with E-state index in [9.17, 15) is 0 Å². The second-order valence-electron chi connectivity index (χ2n) is 9.30. The summed E-state index contributed by atoms with van der Waals surface area (Å²) in [7, 11) is 0. The fraction of sp³-hybridized carbons (Fsp3) is 0.345. The Morgan fingerprint density at radius 3 is 2.27 bits per heavy atom. The maximum atomic E-state index is 5.00. The van der Waals surface area contributed by atoms with Gasteiger partial charge in [-0.25, -0.2) is 0 Å². The number of aromatic nitrogens is 1. The molecule has 4 rings (SSSR count). The lowest BCUT2D eigenvalue weighted by atomic mass is 9.79. The molecule has 0 spiro atoms. The van der Waals surface area contributed by atoms with Crippen molar-refractivity contribution in [1.82, 2.24) is 4.98 Å². The Morgan fingerprint density at radius 2 is 1.57 bits per heavy atom. The number of aryl methyl sites for hydroxylation is 5. The van der Waals surface area contributed by atoms with E-state index in [2.05, 4.69) is 85.7 Å². The van der Waals surface area contributed by atoms with Crippen LogP contribution < -0.4 is 0 Å². The van der Waals surface area contributed by atoms with E-state index in [1.165, 1.54) is 66.4 Å². The van der Waals surface area contributed by atoms with Gasteiger partial charge < -0.3 is 0 Å². The molecule has 0 N–H and O–H groups in total. The minimum absolute atomic E-state index is 0.536. The number of fused-ring (bicyclic) bond motifs is 1. The first-order valence-corrected chi connectivity index (χ1v) is 11.1. The zero-order valence-electron chi connectivity index (χ0n) is 19.7. The lowest BCUT2D eigenvalue weighted by Crippen LogP contribution is -2.08. The molecule has 0 amide bonds. The van der Waals surface area contributed by atoms with Gasteiger partial charge in [-0.15, -0.1) is 0 Å². The van der Waals surface area contributed by atoms with Gasteiger partial charge in [-0.3, -0.25) is 4.98 Å². The predicted octanol–water partition coefficient (Wildman–Crippen LogP) is 8.12. The van der Waals surface area contributed by atoms with Crippen molar-refractivity contribution >= 4 is 16.3 Å². The first-order chi connectivity index (χ1) is 14.2. The molecule has 0 bridgehead atoms. The van der Waals surface area contributed by atoms with Gasteiger partial charge in [0.15, 0.2) is 0 Å². The standard InChI is InChI=1S/C29H33N/c1-16-12-19(4)22(7)25(13-16)29-28-23(8)27(26-17(2)10-9-11-18(26)3)20(5)14-24(28)21(6)15-30-29/h9-10,12-15,18H,11H2,1-8H3. The van der Waals surface area contributed by atoms with Gasteiger partial charge in [0.1, 0.15) is 0 Å². The van der Waals surface area contributed by atoms with Crippen molar-refractivity contribution in [3.8, 4) is 11.3 Å². The fourth-order valence-electron chi connectivity index (χ4n) is 5.29. The van der Waals surface area contributed by atoms with Crippen molar-refractivity contribution in [3.05, 3.63) is 81.1 Å². The Labute approximate surface area is 181 Å². The van der Waals surface area contributed by atoms with Crippen molar-refractivity contribution in [3.63, 3.8) is 0 Å². The van der Waals surface area contributed by atoms with Crippen molar-refractivity contribution < 1.29 is 0 Å². The van der Waals surface area contributed by atoms with E-state index in [1.54, 1.807) is 0 Å². The summed E-state index contributed by atoms with van der Waals surface area (Å²) < 4.78 is 0. The van der Waals surface area contributed by atoms with E-state index in [0.717, 1.165) is 12.1 Å². The summed E-state index contributed by atoms with van der Waals surface area (Å²) in [5.41, 5.74) is 14.6. The Hall–Kier alpha value is -2.67. The van der Waals surface area contributed by atoms with Gasteiger partial charge >= 0.3 is 0 Å². The van der Waals surface area contributed by atoms with Crippen LogP contribution in [0.25, 0.3) is 27.6 Å². The fourth-order valence-corrected chi connectivity index (χ4v) is 5.29. The molecule has 1 heterocycles. The summed E-state index contributed by atoms with van der Waals surface area (Å²) in [5.74, 6) is 0.536. The molecule has 2 aromatic carbocycles. The molecule has 1 aromatic heterocycles. The Kier molecular flexibility index (Phi) is 5.18. The Morgan fingerprint density at radius 1 is 0.833 bits per heavy atom. The van der Waals surface area contributed by atoms with Gasteiger partial charge in [-0.05, 0) is 117 Å². The highest BCUT2D eigenvalue weighted by atomic mass is 14.7. The van der Waals surface area contributed by atoms with Gasteiger partial charge in [-0.1, -0.05) is 36.8 Å². The number of pyridine rings is 1. The van der Waals surface area contributed by atoms with Crippen LogP contribution in [-0.2, 0) is 0 Å². The van der Waals surface area contributed by atoms with E-state index in [0.29, 0.717) is 5.92 Å². The lowest BCUT2D eigenvalue weighted by Gasteiger charge is -2.26. The van der Waals surface area contributed by atoms with Gasteiger partial charge in [0.25, 0.3) is 0 Å². The van der Waals surface area contributed by atoms with E-state index in [-0.39, 0.29) is 0 Å². The molecule has 1 nitrogen and oxygen atoms in total. The van der Waals surface area contributed by atoms with Crippen molar-refractivity contribution in [1.29, 1.82) is 0 Å². The predicted molar refractivity (Wildman–Crippen MR) is 131 cm³/mol. The van der Waals surface area contributed by atoms with Crippen LogP contribution in [0.2, 0.25) is 0 Å². The van der Waals surface area contributed by atoms with Crippen LogP contribution in [0.3, 0.4) is 0 Å². The van der Waals surface area contributed by atoms with Crippen molar-refractivity contribution in [2.24, 2.45) is 5.92 Å². The maximum Gasteiger partial charge on any atom is 0.0786 e.